The first-order valence-electron chi connectivity index (χ1n) is 8.94. The average Bonchev–Trinajstić information content (AvgIpc) is 2.74. The van der Waals surface area contributed by atoms with Crippen LogP contribution in [0.1, 0.15) is 28.4 Å². The molecule has 5 nitrogen and oxygen atoms in total. The molecule has 0 saturated heterocycles. The van der Waals surface area contributed by atoms with Gasteiger partial charge in [-0.1, -0.05) is 48.9 Å². The lowest BCUT2D eigenvalue weighted by Gasteiger charge is -2.14. The molecule has 0 aliphatic carbocycles. The first kappa shape index (κ1) is 20.9. The third-order valence-corrected chi connectivity index (χ3v) is 6.05. The zero-order chi connectivity index (χ0) is 21.0. The van der Waals surface area contributed by atoms with Crippen LogP contribution in [0.25, 0.3) is 0 Å². The Labute approximate surface area is 175 Å². The van der Waals surface area contributed by atoms with Gasteiger partial charge in [-0.15, -0.1) is 0 Å². The van der Waals surface area contributed by atoms with Gasteiger partial charge in [-0.25, -0.2) is 8.42 Å². The quantitative estimate of drug-likeness (QED) is 0.540. The van der Waals surface area contributed by atoms with Crippen LogP contribution in [0.2, 0.25) is 5.02 Å². The highest BCUT2D eigenvalue weighted by Crippen LogP contribution is 2.28. The average molecular weight is 430 g/mol. The molecule has 3 rings (SSSR count). The summed E-state index contributed by atoms with van der Waals surface area (Å²) >= 11 is 6.07. The predicted octanol–water partition coefficient (Wildman–Crippen LogP) is 4.94. The van der Waals surface area contributed by atoms with E-state index in [1.807, 2.05) is 6.92 Å². The van der Waals surface area contributed by atoms with Crippen molar-refractivity contribution in [3.63, 3.8) is 0 Å². The van der Waals surface area contributed by atoms with E-state index in [1.54, 1.807) is 42.5 Å². The topological polar surface area (TPSA) is 72.5 Å². The molecule has 0 fully saturated rings. The van der Waals surface area contributed by atoms with Crippen LogP contribution >= 0.6 is 11.6 Å². The molecule has 150 valence electrons. The van der Waals surface area contributed by atoms with Crippen LogP contribution in [0, 0.1) is 0 Å². The van der Waals surface area contributed by atoms with Gasteiger partial charge in [-0.05, 0) is 48.4 Å². The molecule has 0 bridgehead atoms. The Kier molecular flexibility index (Phi) is 6.25. The first-order chi connectivity index (χ1) is 13.9. The molecular weight excluding hydrogens is 410 g/mol. The van der Waals surface area contributed by atoms with E-state index in [0.717, 1.165) is 5.56 Å². The van der Waals surface area contributed by atoms with Crippen LogP contribution in [0.5, 0.6) is 5.75 Å². The highest BCUT2D eigenvalue weighted by Gasteiger charge is 2.21. The highest BCUT2D eigenvalue weighted by atomic mass is 35.5. The number of aryl methyl sites for hydroxylation is 1. The standard InChI is InChI=1S/C22H20ClNO4S/c1-3-15-13-18(10-12-21(15)28-2)29(26,27)24-20-11-9-17(23)14-19(20)22(25)16-7-5-4-6-8-16/h4-14,24H,3H2,1-2H3. The van der Waals surface area contributed by atoms with Gasteiger partial charge in [-0.3, -0.25) is 9.52 Å². The van der Waals surface area contributed by atoms with Crippen molar-refractivity contribution in [3.05, 3.63) is 88.4 Å². The second kappa shape index (κ2) is 8.68. The molecule has 0 radical (unpaired) electrons. The Morgan fingerprint density at radius 1 is 1.03 bits per heavy atom. The number of anilines is 1. The summed E-state index contributed by atoms with van der Waals surface area (Å²) in [5, 5.41) is 0.338. The van der Waals surface area contributed by atoms with E-state index in [0.29, 0.717) is 22.8 Å². The number of ketones is 1. The predicted molar refractivity (Wildman–Crippen MR) is 115 cm³/mol. The zero-order valence-corrected chi connectivity index (χ0v) is 17.5. The van der Waals surface area contributed by atoms with E-state index < -0.39 is 10.0 Å². The molecule has 0 unspecified atom stereocenters. The number of ether oxygens (including phenoxy) is 1. The molecule has 1 N–H and O–H groups in total. The van der Waals surface area contributed by atoms with Crippen molar-refractivity contribution in [2.75, 3.05) is 11.8 Å². The minimum atomic E-state index is -3.92. The van der Waals surface area contributed by atoms with Gasteiger partial charge in [-0.2, -0.15) is 0 Å². The molecular formula is C22H20ClNO4S. The summed E-state index contributed by atoms with van der Waals surface area (Å²) in [5.74, 6) is 0.299. The molecule has 0 atom stereocenters. The van der Waals surface area contributed by atoms with Gasteiger partial charge in [0, 0.05) is 16.1 Å². The highest BCUT2D eigenvalue weighted by molar-refractivity contribution is 7.92. The minimum absolute atomic E-state index is 0.0863. The molecule has 3 aromatic carbocycles. The number of carbonyl (C=O) groups excluding carboxylic acids is 1. The Morgan fingerprint density at radius 3 is 2.41 bits per heavy atom. The van der Waals surface area contributed by atoms with Crippen LogP contribution < -0.4 is 9.46 Å². The Hall–Kier alpha value is -2.83. The van der Waals surface area contributed by atoms with Crippen LogP contribution in [0.3, 0.4) is 0 Å². The molecule has 0 saturated carbocycles. The monoisotopic (exact) mass is 429 g/mol. The molecule has 0 spiro atoms. The summed E-state index contributed by atoms with van der Waals surface area (Å²) < 4.78 is 33.7. The molecule has 3 aromatic rings. The second-order valence-electron chi connectivity index (χ2n) is 6.32. The Balaban J connectivity index is 2.01. The lowest BCUT2D eigenvalue weighted by molar-refractivity contribution is 0.103. The van der Waals surface area contributed by atoms with Crippen molar-refractivity contribution in [1.82, 2.24) is 0 Å². The van der Waals surface area contributed by atoms with Gasteiger partial charge in [0.1, 0.15) is 5.75 Å². The molecule has 0 amide bonds. The lowest BCUT2D eigenvalue weighted by Crippen LogP contribution is -2.16. The fourth-order valence-electron chi connectivity index (χ4n) is 2.94. The zero-order valence-electron chi connectivity index (χ0n) is 16.0. The number of rotatable bonds is 7. The molecule has 29 heavy (non-hydrogen) atoms. The van der Waals surface area contributed by atoms with Crippen molar-refractivity contribution in [2.24, 2.45) is 0 Å². The van der Waals surface area contributed by atoms with Crippen molar-refractivity contribution in [2.45, 2.75) is 18.2 Å². The summed E-state index contributed by atoms with van der Waals surface area (Å²) in [6, 6.07) is 17.7. The van der Waals surface area contributed by atoms with Gasteiger partial charge in [0.15, 0.2) is 5.78 Å². The molecule has 0 heterocycles. The maximum atomic E-state index is 13.0. The number of sulfonamides is 1. The molecule has 7 heteroatoms. The third kappa shape index (κ3) is 4.60. The van der Waals surface area contributed by atoms with Crippen molar-refractivity contribution in [3.8, 4) is 5.75 Å². The van der Waals surface area contributed by atoms with Crippen LogP contribution in [-0.2, 0) is 16.4 Å². The van der Waals surface area contributed by atoms with Gasteiger partial charge in [0.25, 0.3) is 10.0 Å². The summed E-state index contributed by atoms with van der Waals surface area (Å²) in [6.07, 6.45) is 0.616. The van der Waals surface area contributed by atoms with E-state index in [4.69, 9.17) is 16.3 Å². The van der Waals surface area contributed by atoms with Gasteiger partial charge in [0.05, 0.1) is 17.7 Å². The Morgan fingerprint density at radius 2 is 1.76 bits per heavy atom. The summed E-state index contributed by atoms with van der Waals surface area (Å²) in [7, 11) is -2.39. The largest absolute Gasteiger partial charge is 0.496 e. The fraction of sp³-hybridized carbons (Fsp3) is 0.136. The maximum Gasteiger partial charge on any atom is 0.261 e. The van der Waals surface area contributed by atoms with Gasteiger partial charge >= 0.3 is 0 Å². The maximum absolute atomic E-state index is 13.0. The SMILES string of the molecule is CCc1cc(S(=O)(=O)Nc2ccc(Cl)cc2C(=O)c2ccccc2)ccc1OC. The van der Waals surface area contributed by atoms with Crippen LogP contribution in [-0.4, -0.2) is 21.3 Å². The molecule has 0 aromatic heterocycles. The summed E-state index contributed by atoms with van der Waals surface area (Å²) in [5.41, 5.74) is 1.55. The third-order valence-electron chi connectivity index (χ3n) is 4.45. The van der Waals surface area contributed by atoms with Crippen molar-refractivity contribution >= 4 is 33.1 Å². The number of methoxy groups -OCH3 is 1. The number of halogens is 1. The molecule has 0 aliphatic heterocycles. The van der Waals surface area contributed by atoms with E-state index in [9.17, 15) is 13.2 Å². The van der Waals surface area contributed by atoms with E-state index >= 15 is 0 Å². The Bertz CT molecular complexity index is 1140. The van der Waals surface area contributed by atoms with Gasteiger partial charge in [0.2, 0.25) is 0 Å². The van der Waals surface area contributed by atoms with Crippen molar-refractivity contribution < 1.29 is 17.9 Å². The van der Waals surface area contributed by atoms with Crippen LogP contribution in [0.4, 0.5) is 5.69 Å². The number of hydrogen-bond acceptors (Lipinski definition) is 4. The minimum Gasteiger partial charge on any atom is -0.496 e. The van der Waals surface area contributed by atoms with Gasteiger partial charge < -0.3 is 4.74 Å². The van der Waals surface area contributed by atoms with E-state index in [-0.39, 0.29) is 21.9 Å². The summed E-state index contributed by atoms with van der Waals surface area (Å²) in [4.78, 5) is 13.0. The number of benzene rings is 3. The number of nitrogens with one attached hydrogen (secondary N) is 1. The second-order valence-corrected chi connectivity index (χ2v) is 8.44. The number of carbonyl (C=O) groups is 1. The first-order valence-corrected chi connectivity index (χ1v) is 10.8. The van der Waals surface area contributed by atoms with Crippen LogP contribution in [0.15, 0.2) is 71.6 Å². The number of hydrogen-bond donors (Lipinski definition) is 1. The van der Waals surface area contributed by atoms with E-state index in [2.05, 4.69) is 4.72 Å². The van der Waals surface area contributed by atoms with E-state index in [1.165, 1.54) is 31.4 Å². The lowest BCUT2D eigenvalue weighted by atomic mass is 10.0. The summed E-state index contributed by atoms with van der Waals surface area (Å²) in [6.45, 7) is 1.91. The van der Waals surface area contributed by atoms with Crippen molar-refractivity contribution in [1.29, 1.82) is 0 Å². The molecule has 0 aliphatic rings. The normalized spacial score (nSPS) is 11.1. The fourth-order valence-corrected chi connectivity index (χ4v) is 4.24. The smallest absolute Gasteiger partial charge is 0.261 e.